The van der Waals surface area contributed by atoms with Crippen LogP contribution in [0.3, 0.4) is 0 Å². The van der Waals surface area contributed by atoms with E-state index in [1.54, 1.807) is 0 Å². The van der Waals surface area contributed by atoms with E-state index >= 15 is 0 Å². The molecule has 1 N–H and O–H groups in total. The zero-order chi connectivity index (χ0) is 34.0. The number of halogens is 12. The van der Waals surface area contributed by atoms with Crippen LogP contribution in [0.25, 0.3) is 5.69 Å². The maximum atomic E-state index is 13.9. The lowest BCUT2D eigenvalue weighted by Crippen LogP contribution is -2.50. The second-order valence-electron chi connectivity index (χ2n) is 10.5. The molecule has 1 atom stereocenters. The Kier molecular flexibility index (Phi) is 7.85. The van der Waals surface area contributed by atoms with Crippen molar-refractivity contribution in [1.29, 1.82) is 0 Å². The van der Waals surface area contributed by atoms with Crippen LogP contribution >= 0.6 is 0 Å². The molecule has 0 aliphatic carbocycles. The topological polar surface area (TPSA) is 51.2 Å². The van der Waals surface area contributed by atoms with E-state index in [2.05, 4.69) is 5.10 Å². The molecule has 3 aromatic carbocycles. The van der Waals surface area contributed by atoms with Gasteiger partial charge in [-0.2, -0.15) is 52.7 Å². The van der Waals surface area contributed by atoms with Gasteiger partial charge in [0.1, 0.15) is 23.1 Å². The predicted octanol–water partition coefficient (Wildman–Crippen LogP) is 7.67. The van der Waals surface area contributed by atoms with Gasteiger partial charge < -0.3 is 9.84 Å². The van der Waals surface area contributed by atoms with Crippen molar-refractivity contribution in [3.63, 3.8) is 0 Å². The van der Waals surface area contributed by atoms with Crippen LogP contribution < -0.4 is 9.30 Å². The Balaban J connectivity index is 1.81. The molecule has 0 saturated carbocycles. The third kappa shape index (κ3) is 6.11. The highest BCUT2D eigenvalue weighted by molar-refractivity contribution is 5.46. The molecular weight excluding hydrogens is 650 g/mol. The molecule has 0 amide bonds. The Hall–Kier alpha value is -4.28. The van der Waals surface area contributed by atoms with Gasteiger partial charge in [0.05, 0.1) is 29.4 Å². The highest BCUT2D eigenvalue weighted by Gasteiger charge is 2.52. The summed E-state index contributed by atoms with van der Waals surface area (Å²) in [6.07, 6.45) is -21.1. The third-order valence-corrected chi connectivity index (χ3v) is 7.61. The number of rotatable bonds is 5. The number of aromatic nitrogens is 3. The summed E-state index contributed by atoms with van der Waals surface area (Å²) in [6.45, 7) is 0. The van der Waals surface area contributed by atoms with Gasteiger partial charge >= 0.3 is 24.7 Å². The number of benzene rings is 3. The minimum absolute atomic E-state index is 0.0786. The third-order valence-electron chi connectivity index (χ3n) is 7.61. The molecule has 0 fully saturated rings. The summed E-state index contributed by atoms with van der Waals surface area (Å²) in [7, 11) is 1.40. The number of hydrogen-bond donors (Lipinski definition) is 1. The molecule has 246 valence electrons. The van der Waals surface area contributed by atoms with Crippen molar-refractivity contribution in [3.05, 3.63) is 106 Å². The van der Waals surface area contributed by atoms with Gasteiger partial charge in [-0.3, -0.25) is 0 Å². The van der Waals surface area contributed by atoms with Crippen molar-refractivity contribution in [2.45, 2.75) is 49.2 Å². The minimum Gasteiger partial charge on any atom is -0.497 e. The lowest BCUT2D eigenvalue weighted by molar-refractivity contribution is -0.731. The van der Waals surface area contributed by atoms with Crippen LogP contribution in [0.4, 0.5) is 52.7 Å². The average molecular weight is 670 g/mol. The number of hydrogen-bond acceptors (Lipinski definition) is 3. The van der Waals surface area contributed by atoms with Crippen LogP contribution in [0.5, 0.6) is 5.75 Å². The fraction of sp³-hybridized carbons (Fsp3) is 0.310. The first-order valence-corrected chi connectivity index (χ1v) is 13.1. The number of fused-ring (bicyclic) bond motifs is 1. The number of aliphatic hydroxyl groups is 1. The molecule has 46 heavy (non-hydrogen) atoms. The van der Waals surface area contributed by atoms with Crippen molar-refractivity contribution in [1.82, 2.24) is 9.78 Å². The summed E-state index contributed by atoms with van der Waals surface area (Å²) >= 11 is 0. The fourth-order valence-electron chi connectivity index (χ4n) is 5.40. The first-order chi connectivity index (χ1) is 21.1. The number of alkyl halides is 12. The van der Waals surface area contributed by atoms with Gasteiger partial charge in [0.2, 0.25) is 6.33 Å². The zero-order valence-electron chi connectivity index (χ0n) is 23.1. The monoisotopic (exact) mass is 670 g/mol. The van der Waals surface area contributed by atoms with Gasteiger partial charge in [-0.15, -0.1) is 0 Å². The summed E-state index contributed by atoms with van der Waals surface area (Å²) in [5.74, 6) is 0.531. The lowest BCUT2D eigenvalue weighted by atomic mass is 9.77. The smallest absolute Gasteiger partial charge is 0.416 e. The number of aryl methyl sites for hydroxylation is 1. The quantitative estimate of drug-likeness (QED) is 0.175. The van der Waals surface area contributed by atoms with Crippen molar-refractivity contribution in [2.75, 3.05) is 7.11 Å². The Labute approximate surface area is 251 Å². The average Bonchev–Trinajstić information content (AvgIpc) is 3.56. The van der Waals surface area contributed by atoms with Crippen LogP contribution in [-0.4, -0.2) is 22.0 Å². The maximum absolute atomic E-state index is 13.9. The first kappa shape index (κ1) is 33.1. The van der Waals surface area contributed by atoms with E-state index in [1.807, 2.05) is 0 Å². The Morgan fingerprint density at radius 2 is 1.07 bits per heavy atom. The van der Waals surface area contributed by atoms with Crippen LogP contribution in [-0.2, 0) is 36.7 Å². The van der Waals surface area contributed by atoms with Gasteiger partial charge in [0, 0.05) is 11.5 Å². The van der Waals surface area contributed by atoms with Crippen molar-refractivity contribution in [2.24, 2.45) is 0 Å². The predicted molar refractivity (Wildman–Crippen MR) is 134 cm³/mol. The Bertz CT molecular complexity index is 1610. The molecule has 5 rings (SSSR count). The van der Waals surface area contributed by atoms with E-state index in [-0.39, 0.29) is 55.1 Å². The molecule has 0 saturated heterocycles. The van der Waals surface area contributed by atoms with E-state index in [0.29, 0.717) is 11.4 Å². The SMILES string of the molecule is COc1ccc(-n2c[n+]3c(n2)CC[C@H]3C(O)(c2cc(C(F)(F)F)cc(C(F)(F)F)c2)c2cc(C(F)(F)F)cc(C(F)(F)F)c2)cc1. The van der Waals surface area contributed by atoms with E-state index in [4.69, 9.17) is 4.74 Å². The highest BCUT2D eigenvalue weighted by atomic mass is 19.4. The summed E-state index contributed by atoms with van der Waals surface area (Å²) in [6, 6.07) is 4.16. The Morgan fingerprint density at radius 3 is 1.43 bits per heavy atom. The highest BCUT2D eigenvalue weighted by Crippen LogP contribution is 2.48. The van der Waals surface area contributed by atoms with Gasteiger partial charge in [-0.25, -0.2) is 4.57 Å². The molecule has 17 heteroatoms. The first-order valence-electron chi connectivity index (χ1n) is 13.1. The van der Waals surface area contributed by atoms with Crippen molar-refractivity contribution < 1.29 is 67.1 Å². The second kappa shape index (κ2) is 10.9. The molecule has 4 aromatic rings. The van der Waals surface area contributed by atoms with Crippen LogP contribution in [0.15, 0.2) is 67.0 Å². The molecule has 1 aliphatic heterocycles. The van der Waals surface area contributed by atoms with Crippen LogP contribution in [0.2, 0.25) is 0 Å². The number of ether oxygens (including phenoxy) is 1. The van der Waals surface area contributed by atoms with Crippen molar-refractivity contribution in [3.8, 4) is 11.4 Å². The molecule has 1 aromatic heterocycles. The van der Waals surface area contributed by atoms with Crippen LogP contribution in [0, 0.1) is 0 Å². The van der Waals surface area contributed by atoms with Gasteiger partial charge in [0.15, 0.2) is 0 Å². The van der Waals surface area contributed by atoms with E-state index in [9.17, 15) is 57.8 Å². The van der Waals surface area contributed by atoms with Crippen molar-refractivity contribution >= 4 is 0 Å². The molecule has 0 bridgehead atoms. The molecule has 1 aliphatic rings. The largest absolute Gasteiger partial charge is 0.497 e. The second-order valence-corrected chi connectivity index (χ2v) is 10.5. The summed E-state index contributed by atoms with van der Waals surface area (Å²) in [5.41, 5.74) is -13.2. The fourth-order valence-corrected chi connectivity index (χ4v) is 5.40. The molecule has 0 unspecified atom stereocenters. The molecule has 2 heterocycles. The number of methoxy groups -OCH3 is 1. The summed E-state index contributed by atoms with van der Waals surface area (Å²) < 4.78 is 174. The maximum Gasteiger partial charge on any atom is 0.416 e. The van der Waals surface area contributed by atoms with Gasteiger partial charge in [-0.1, -0.05) is 4.68 Å². The normalized spacial score (nSPS) is 16.1. The minimum atomic E-state index is -5.45. The standard InChI is InChI=1S/C29H20F12N3O2/c1-46-22-4-2-21(3-5-22)44-14-43-23(6-7-24(43)42-44)25(45,15-8-17(26(30,31)32)12-18(9-15)27(33,34)35)16-10-19(28(36,37)38)13-20(11-16)29(39,40)41/h2-5,8-14,23,45H,6-7H2,1H3/q+1/t23-/m0/s1. The Morgan fingerprint density at radius 1 is 0.674 bits per heavy atom. The molecule has 0 spiro atoms. The van der Waals surface area contributed by atoms with Crippen LogP contribution in [0.1, 0.15) is 51.7 Å². The number of nitrogens with zero attached hydrogens (tertiary/aromatic N) is 3. The lowest BCUT2D eigenvalue weighted by Gasteiger charge is -2.35. The van der Waals surface area contributed by atoms with Gasteiger partial charge in [-0.05, 0) is 78.2 Å². The van der Waals surface area contributed by atoms with Gasteiger partial charge in [0.25, 0.3) is 5.82 Å². The van der Waals surface area contributed by atoms with E-state index in [0.717, 1.165) is 4.57 Å². The summed E-state index contributed by atoms with van der Waals surface area (Å²) in [5, 5.41) is 16.6. The zero-order valence-corrected chi connectivity index (χ0v) is 23.1. The molecular formula is C29H20F12N3O2+. The summed E-state index contributed by atoms with van der Waals surface area (Å²) in [4.78, 5) is 0. The molecule has 5 nitrogen and oxygen atoms in total. The molecule has 0 radical (unpaired) electrons. The van der Waals surface area contributed by atoms with E-state index in [1.165, 1.54) is 42.4 Å². The van der Waals surface area contributed by atoms with E-state index < -0.39 is 69.7 Å².